The van der Waals surface area contributed by atoms with Gasteiger partial charge < -0.3 is 16.0 Å². The van der Waals surface area contributed by atoms with Crippen LogP contribution in [0.25, 0.3) is 11.5 Å². The van der Waals surface area contributed by atoms with Crippen LogP contribution in [0.5, 0.6) is 0 Å². The second kappa shape index (κ2) is 10.6. The number of nitrogens with zero attached hydrogens (tertiary/aromatic N) is 6. The maximum Gasteiger partial charge on any atom is 0.229 e. The average molecular weight is 494 g/mol. The molecular weight excluding hydrogens is 462 g/mol. The molecule has 37 heavy (non-hydrogen) atoms. The zero-order valence-corrected chi connectivity index (χ0v) is 20.9. The zero-order chi connectivity index (χ0) is 25.0. The number of rotatable bonds is 7. The molecule has 2 aliphatic rings. The zero-order valence-electron chi connectivity index (χ0n) is 20.9. The number of benzene rings is 1. The van der Waals surface area contributed by atoms with Crippen LogP contribution in [0.3, 0.4) is 0 Å². The number of aryl methyl sites for hydroxylation is 1. The summed E-state index contributed by atoms with van der Waals surface area (Å²) in [5.74, 6) is 2.36. The van der Waals surface area contributed by atoms with E-state index < -0.39 is 0 Å². The van der Waals surface area contributed by atoms with Crippen LogP contribution in [0, 0.1) is 6.92 Å². The van der Waals surface area contributed by atoms with E-state index in [2.05, 4.69) is 70.0 Å². The molecule has 188 valence electrons. The fraction of sp³-hybridized carbons (Fsp3) is 0.321. The van der Waals surface area contributed by atoms with Crippen molar-refractivity contribution in [1.82, 2.24) is 35.1 Å². The van der Waals surface area contributed by atoms with Crippen molar-refractivity contribution >= 4 is 23.3 Å². The minimum absolute atomic E-state index is 0.518. The van der Waals surface area contributed by atoms with Gasteiger partial charge in [0.05, 0.1) is 0 Å². The molecule has 2 bridgehead atoms. The monoisotopic (exact) mass is 493 g/mol. The van der Waals surface area contributed by atoms with Crippen molar-refractivity contribution < 1.29 is 0 Å². The van der Waals surface area contributed by atoms with Gasteiger partial charge in [-0.2, -0.15) is 4.98 Å². The fourth-order valence-electron chi connectivity index (χ4n) is 5.21. The molecule has 0 radical (unpaired) electrons. The molecule has 0 saturated carbocycles. The maximum absolute atomic E-state index is 4.61. The van der Waals surface area contributed by atoms with E-state index in [1.165, 1.54) is 24.8 Å². The molecule has 2 fully saturated rings. The van der Waals surface area contributed by atoms with E-state index in [0.717, 1.165) is 36.7 Å². The smallest absolute Gasteiger partial charge is 0.229 e. The molecule has 0 aliphatic carbocycles. The van der Waals surface area contributed by atoms with Crippen LogP contribution in [0.2, 0.25) is 0 Å². The van der Waals surface area contributed by atoms with Crippen LogP contribution in [-0.2, 0) is 6.54 Å². The highest BCUT2D eigenvalue weighted by molar-refractivity contribution is 5.59. The molecule has 9 heteroatoms. The lowest BCUT2D eigenvalue weighted by atomic mass is 10.1. The van der Waals surface area contributed by atoms with Gasteiger partial charge in [0.2, 0.25) is 5.95 Å². The Bertz CT molecular complexity index is 1340. The predicted molar refractivity (Wildman–Crippen MR) is 145 cm³/mol. The number of nitrogens with one attached hydrogen (secondary N) is 3. The molecule has 6 rings (SSSR count). The highest BCUT2D eigenvalue weighted by Gasteiger charge is 2.34. The lowest BCUT2D eigenvalue weighted by molar-refractivity contribution is 0.193. The van der Waals surface area contributed by atoms with Crippen LogP contribution in [0.1, 0.15) is 30.5 Å². The average Bonchev–Trinajstić information content (AvgIpc) is 3.16. The number of pyridine rings is 1. The van der Waals surface area contributed by atoms with Crippen molar-refractivity contribution in [3.05, 3.63) is 78.2 Å². The summed E-state index contributed by atoms with van der Waals surface area (Å²) in [6.07, 6.45) is 7.31. The third-order valence-corrected chi connectivity index (χ3v) is 7.07. The Hall–Kier alpha value is -3.95. The Labute approximate surface area is 216 Å². The number of aromatic nitrogens is 5. The molecule has 0 spiro atoms. The van der Waals surface area contributed by atoms with Crippen molar-refractivity contribution in [2.45, 2.75) is 44.8 Å². The Morgan fingerprint density at radius 3 is 2.51 bits per heavy atom. The second-order valence-corrected chi connectivity index (χ2v) is 9.69. The highest BCUT2D eigenvalue weighted by Crippen LogP contribution is 2.30. The first-order valence-corrected chi connectivity index (χ1v) is 12.9. The molecule has 5 heterocycles. The summed E-state index contributed by atoms with van der Waals surface area (Å²) in [5.41, 5.74) is 3.95. The van der Waals surface area contributed by atoms with E-state index in [1.54, 1.807) is 18.5 Å². The van der Waals surface area contributed by atoms with Gasteiger partial charge in [-0.25, -0.2) is 19.9 Å². The molecule has 2 saturated heterocycles. The van der Waals surface area contributed by atoms with Crippen molar-refractivity contribution in [2.24, 2.45) is 0 Å². The number of hydrogen-bond acceptors (Lipinski definition) is 9. The van der Waals surface area contributed by atoms with Gasteiger partial charge in [-0.05, 0) is 74.7 Å². The Balaban J connectivity index is 1.11. The summed E-state index contributed by atoms with van der Waals surface area (Å²) < 4.78 is 0. The summed E-state index contributed by atoms with van der Waals surface area (Å²) in [7, 11) is 0. The fourth-order valence-corrected chi connectivity index (χ4v) is 5.21. The van der Waals surface area contributed by atoms with Gasteiger partial charge in [0.15, 0.2) is 5.82 Å². The summed E-state index contributed by atoms with van der Waals surface area (Å²) in [6, 6.07) is 19.4. The molecule has 4 aromatic rings. The van der Waals surface area contributed by atoms with Gasteiger partial charge in [-0.1, -0.05) is 18.2 Å². The summed E-state index contributed by atoms with van der Waals surface area (Å²) in [6.45, 7) is 5.20. The highest BCUT2D eigenvalue weighted by atomic mass is 15.2. The van der Waals surface area contributed by atoms with Crippen molar-refractivity contribution in [3.8, 4) is 11.5 Å². The van der Waals surface area contributed by atoms with Crippen LogP contribution in [0.15, 0.2) is 67.0 Å². The molecule has 3 N–H and O–H groups in total. The third-order valence-electron chi connectivity index (χ3n) is 7.07. The van der Waals surface area contributed by atoms with E-state index in [1.807, 2.05) is 31.2 Å². The SMILES string of the molecule is Cc1cccc(-c2nccc(Nc3ccnc(Nc4ccc(CN5[C@H]6CCNC[C@@H]5CC6)cc4)n3)n2)n1. The lowest BCUT2D eigenvalue weighted by Crippen LogP contribution is -2.37. The number of anilines is 4. The summed E-state index contributed by atoms with van der Waals surface area (Å²) in [4.78, 5) is 25.2. The predicted octanol–water partition coefficient (Wildman–Crippen LogP) is 4.45. The number of hydrogen-bond donors (Lipinski definition) is 3. The van der Waals surface area contributed by atoms with E-state index in [0.29, 0.717) is 35.5 Å². The first-order chi connectivity index (χ1) is 18.2. The van der Waals surface area contributed by atoms with Gasteiger partial charge in [0.25, 0.3) is 0 Å². The Kier molecular flexibility index (Phi) is 6.70. The van der Waals surface area contributed by atoms with Crippen molar-refractivity contribution in [3.63, 3.8) is 0 Å². The molecule has 9 nitrogen and oxygen atoms in total. The molecule has 0 amide bonds. The van der Waals surface area contributed by atoms with Gasteiger partial charge in [-0.3, -0.25) is 4.90 Å². The van der Waals surface area contributed by atoms with Gasteiger partial charge in [-0.15, -0.1) is 0 Å². The van der Waals surface area contributed by atoms with E-state index in [-0.39, 0.29) is 0 Å². The van der Waals surface area contributed by atoms with Gasteiger partial charge in [0, 0.05) is 48.9 Å². The molecule has 2 atom stereocenters. The molecule has 2 aliphatic heterocycles. The quantitative estimate of drug-likeness (QED) is 0.344. The Morgan fingerprint density at radius 1 is 0.838 bits per heavy atom. The minimum atomic E-state index is 0.518. The van der Waals surface area contributed by atoms with E-state index >= 15 is 0 Å². The minimum Gasteiger partial charge on any atom is -0.325 e. The van der Waals surface area contributed by atoms with Crippen LogP contribution < -0.4 is 16.0 Å². The van der Waals surface area contributed by atoms with E-state index in [9.17, 15) is 0 Å². The molecule has 3 aromatic heterocycles. The molecule has 1 aromatic carbocycles. The normalized spacial score (nSPS) is 19.4. The van der Waals surface area contributed by atoms with Crippen LogP contribution in [-0.4, -0.2) is 55.0 Å². The van der Waals surface area contributed by atoms with Crippen molar-refractivity contribution in [2.75, 3.05) is 23.7 Å². The molecular formula is C28H31N9. The van der Waals surface area contributed by atoms with Crippen LogP contribution in [0.4, 0.5) is 23.3 Å². The summed E-state index contributed by atoms with van der Waals surface area (Å²) >= 11 is 0. The maximum atomic E-state index is 4.61. The van der Waals surface area contributed by atoms with Crippen molar-refractivity contribution in [1.29, 1.82) is 0 Å². The number of fused-ring (bicyclic) bond motifs is 2. The lowest BCUT2D eigenvalue weighted by Gasteiger charge is -2.27. The molecule has 0 unspecified atom stereocenters. The van der Waals surface area contributed by atoms with Crippen LogP contribution >= 0.6 is 0 Å². The van der Waals surface area contributed by atoms with Gasteiger partial charge >= 0.3 is 0 Å². The topological polar surface area (TPSA) is 104 Å². The largest absolute Gasteiger partial charge is 0.325 e. The standard InChI is InChI=1S/C28H31N9/c1-19-3-2-4-24(32-19)27-30-15-12-25(35-27)34-26-13-16-31-28(36-26)33-21-7-5-20(6-8-21)18-37-22-9-10-23(37)17-29-14-11-22/h2-8,12-13,15-16,22-23,29H,9-11,14,17-18H2,1H3,(H2,30,31,33,34,35,36)/t22-,23+/m1/s1. The second-order valence-electron chi connectivity index (χ2n) is 9.69. The third kappa shape index (κ3) is 5.58. The first kappa shape index (κ1) is 23.4. The van der Waals surface area contributed by atoms with Gasteiger partial charge in [0.1, 0.15) is 17.3 Å². The van der Waals surface area contributed by atoms with E-state index in [4.69, 9.17) is 0 Å². The Morgan fingerprint density at radius 2 is 1.65 bits per heavy atom. The first-order valence-electron chi connectivity index (χ1n) is 12.9. The summed E-state index contributed by atoms with van der Waals surface area (Å²) in [5, 5.41) is 10.1.